The van der Waals surface area contributed by atoms with Crippen LogP contribution in [0, 0.1) is 102 Å². The van der Waals surface area contributed by atoms with E-state index in [4.69, 9.17) is 14.2 Å². The van der Waals surface area contributed by atoms with E-state index in [1.165, 1.54) is 58.9 Å². The molecule has 16 rings (SSSR count). The summed E-state index contributed by atoms with van der Waals surface area (Å²) in [6.45, 7) is 30.9. The van der Waals surface area contributed by atoms with Crippen LogP contribution in [0.5, 0.6) is 0 Å². The highest BCUT2D eigenvalue weighted by Crippen LogP contribution is 2.58. The first-order chi connectivity index (χ1) is 58.0. The number of fused-ring (bicyclic) bond motifs is 8. The van der Waals surface area contributed by atoms with Crippen LogP contribution in [0.2, 0.25) is 0 Å². The molecule has 8 aliphatic heterocycles. The van der Waals surface area contributed by atoms with Crippen LogP contribution in [0.4, 0.5) is 114 Å². The molecule has 0 fully saturated rings. The summed E-state index contributed by atoms with van der Waals surface area (Å²) >= 11 is 0. The van der Waals surface area contributed by atoms with Crippen LogP contribution >= 0.6 is 0 Å². The third kappa shape index (κ3) is 21.2. The van der Waals surface area contributed by atoms with Gasteiger partial charge in [-0.05, 0) is 261 Å². The molecular formula is C93H96F26O8. The Balaban J connectivity index is 0.000000164. The Labute approximate surface area is 717 Å². The summed E-state index contributed by atoms with van der Waals surface area (Å²) < 4.78 is 391. The van der Waals surface area contributed by atoms with E-state index in [1.807, 2.05) is 53.7 Å². The molecule has 8 aromatic carbocycles. The lowest BCUT2D eigenvalue weighted by atomic mass is 9.87. The average molecular weight is 1840 g/mol. The van der Waals surface area contributed by atoms with Gasteiger partial charge >= 0.3 is 42.0 Å². The summed E-state index contributed by atoms with van der Waals surface area (Å²) in [5.41, 5.74) is 1.86. The molecule has 0 amide bonds. The van der Waals surface area contributed by atoms with Crippen molar-refractivity contribution in [3.63, 3.8) is 0 Å². The second-order valence-electron chi connectivity index (χ2n) is 33.8. The largest absolute Gasteiger partial charge is 0.386 e. The van der Waals surface area contributed by atoms with E-state index in [2.05, 4.69) is 23.7 Å². The van der Waals surface area contributed by atoms with Crippen LogP contribution in [0.25, 0.3) is 0 Å². The Hall–Kier alpha value is -8.38. The van der Waals surface area contributed by atoms with E-state index < -0.39 is 165 Å². The molecule has 0 saturated heterocycles. The van der Waals surface area contributed by atoms with Crippen LogP contribution in [-0.2, 0) is 106 Å². The fourth-order valence-electron chi connectivity index (χ4n) is 16.1. The molecule has 8 aromatic rings. The molecule has 0 spiro atoms. The first-order valence-corrected chi connectivity index (χ1v) is 40.1. The van der Waals surface area contributed by atoms with Crippen molar-refractivity contribution in [2.75, 3.05) is 0 Å². The minimum Gasteiger partial charge on any atom is -0.373 e. The molecule has 8 aliphatic rings. The van der Waals surface area contributed by atoms with E-state index in [0.29, 0.717) is 66.8 Å². The smallest absolute Gasteiger partial charge is 0.373 e. The predicted octanol–water partition coefficient (Wildman–Crippen LogP) is 28.6. The summed E-state index contributed by atoms with van der Waals surface area (Å²) in [5.74, 6) is -35.0. The highest BCUT2D eigenvalue weighted by atomic mass is 19.3. The molecule has 0 aromatic heterocycles. The number of ether oxygens (including phenoxy) is 8. The normalized spacial score (nSPS) is 27.9. The van der Waals surface area contributed by atoms with Gasteiger partial charge in [-0.15, -0.1) is 0 Å². The van der Waals surface area contributed by atoms with Crippen molar-refractivity contribution in [2.45, 2.75) is 291 Å². The van der Waals surface area contributed by atoms with Crippen molar-refractivity contribution in [3.8, 4) is 0 Å². The van der Waals surface area contributed by atoms with Gasteiger partial charge in [0, 0.05) is 56.6 Å². The van der Waals surface area contributed by atoms with Crippen molar-refractivity contribution < 1.29 is 152 Å². The zero-order chi connectivity index (χ0) is 96.0. The number of rotatable bonds is 0. The van der Waals surface area contributed by atoms with Crippen LogP contribution in [0.1, 0.15) is 254 Å². The Morgan fingerprint density at radius 2 is 0.709 bits per heavy atom. The Kier molecular flexibility index (Phi) is 29.6. The lowest BCUT2D eigenvalue weighted by Gasteiger charge is -2.39. The molecule has 0 N–H and O–H groups in total. The van der Waals surface area contributed by atoms with Crippen molar-refractivity contribution in [2.24, 2.45) is 0 Å². The molecule has 34 heteroatoms. The van der Waals surface area contributed by atoms with Crippen LogP contribution in [-0.4, -0.2) is 47.8 Å². The molecular weight excluding hydrogens is 1740 g/mol. The molecule has 127 heavy (non-hydrogen) atoms. The standard InChI is InChI=1S/C12H12F4O.2C12H13F3O.2C12H15FO.C11H8F6O.2C11H10F4O/c1-6-4-8-7(2)17-11(3,14)12(15,16)10(8)9(13)5-6;1-6-4-9-7(2)16-8(3)12(14,15)11(9)10(13)5-6;1-6-4-9-11(10(13)5-6)7(2)8(3)16-12(9,14)15;1-7-4-10-6-14-9(3)8(2)12(10)11(13)5-7;1-7-4-10-9(3)14-8(2)6-11(10)12(13)5-7;1-5-3-6-8(7(12)4-5)10(14,15)9(2,13)18-11(6,16)17;1-6-3-8-7(9(12)4-6)5-10(2,13)16-11(8,14)15;1-6-3-7-5-16-10(2,13)11(14,15)9(7)8(12)4-6/h4-5,7H,1-3H3;2*4-5,7-8H,1-3H3;2*4-5,8-9H,6H2,1-3H3;3-4H,1-2H3;2*3-4H,5H2,1-2H3. The lowest BCUT2D eigenvalue weighted by molar-refractivity contribution is -0.403. The first-order valence-electron chi connectivity index (χ1n) is 40.1. The molecule has 13 unspecified atom stereocenters. The monoisotopic (exact) mass is 1830 g/mol. The number of aryl methyl sites for hydroxylation is 8. The Morgan fingerprint density at radius 1 is 0.315 bits per heavy atom. The second-order valence-corrected chi connectivity index (χ2v) is 33.8. The van der Waals surface area contributed by atoms with Crippen LogP contribution < -0.4 is 0 Å². The van der Waals surface area contributed by atoms with E-state index in [9.17, 15) is 114 Å². The van der Waals surface area contributed by atoms with Gasteiger partial charge in [-0.2, -0.15) is 61.5 Å². The number of alkyl halides is 18. The van der Waals surface area contributed by atoms with Crippen molar-refractivity contribution in [3.05, 3.63) is 277 Å². The highest BCUT2D eigenvalue weighted by Gasteiger charge is 2.67. The third-order valence-electron chi connectivity index (χ3n) is 22.7. The predicted molar refractivity (Wildman–Crippen MR) is 418 cm³/mol. The summed E-state index contributed by atoms with van der Waals surface area (Å²) in [6, 6.07) is 20.7. The molecule has 8 nitrogen and oxygen atoms in total. The van der Waals surface area contributed by atoms with Gasteiger partial charge in [0.25, 0.3) is 17.6 Å². The Morgan fingerprint density at radius 3 is 1.25 bits per heavy atom. The number of hydrogen-bond donors (Lipinski definition) is 0. The maximum absolute atomic E-state index is 13.8. The highest BCUT2D eigenvalue weighted by molar-refractivity contribution is 5.46. The molecule has 0 aliphatic carbocycles. The van der Waals surface area contributed by atoms with Gasteiger partial charge in [-0.25, -0.2) is 52.7 Å². The van der Waals surface area contributed by atoms with Gasteiger partial charge in [0.15, 0.2) is 0 Å². The number of halogens is 26. The van der Waals surface area contributed by atoms with Gasteiger partial charge in [-0.1, -0.05) is 44.2 Å². The molecule has 0 bridgehead atoms. The SMILES string of the molecule is Cc1cc(F)c2c(c1)C(C)OC(C)(F)C2(F)F.Cc1cc(F)c2c(c1)C(C)OC(C)C2.Cc1cc(F)c2c(c1)C(C)OC(C)C2(F)F.Cc1cc(F)c2c(c1)C(F)(F)OC(C)(F)C2.Cc1cc(F)c2c(c1)C(F)(F)OC(C)(F)C2(F)F.Cc1cc(F)c2c(c1)C(F)(F)OC(C)C2C.Cc1cc(F)c2c(c1)COC(C)(F)C2(F)F.Cc1cc(F)c2c(c1)COC(C)C2C. The molecule has 8 heterocycles. The van der Waals surface area contributed by atoms with Crippen LogP contribution in [0.15, 0.2) is 97.1 Å². The quantitative estimate of drug-likeness (QED) is 0.139. The summed E-state index contributed by atoms with van der Waals surface area (Å²) in [5, 5.41) is 0. The van der Waals surface area contributed by atoms with Gasteiger partial charge in [0.05, 0.1) is 88.8 Å². The zero-order valence-electron chi connectivity index (χ0n) is 72.9. The van der Waals surface area contributed by atoms with Crippen molar-refractivity contribution in [1.29, 1.82) is 0 Å². The second kappa shape index (κ2) is 36.8. The first kappa shape index (κ1) is 102. The Bertz CT molecular complexity index is 5400. The molecule has 13 atom stereocenters. The maximum atomic E-state index is 13.8. The third-order valence-corrected chi connectivity index (χ3v) is 22.7. The molecule has 0 radical (unpaired) electrons. The summed E-state index contributed by atoms with van der Waals surface area (Å²) in [7, 11) is 0. The average Bonchev–Trinajstić information content (AvgIpc) is 0.716. The molecule has 0 saturated carbocycles. The van der Waals surface area contributed by atoms with Gasteiger partial charge in [0.2, 0.25) is 5.85 Å². The zero-order valence-corrected chi connectivity index (χ0v) is 72.9. The van der Waals surface area contributed by atoms with Crippen molar-refractivity contribution in [1.82, 2.24) is 0 Å². The summed E-state index contributed by atoms with van der Waals surface area (Å²) in [6.07, 6.45) is -14.5. The fourth-order valence-corrected chi connectivity index (χ4v) is 16.1. The van der Waals surface area contributed by atoms with Gasteiger partial charge in [0.1, 0.15) is 52.6 Å². The minimum absolute atomic E-state index is 0.00220. The van der Waals surface area contributed by atoms with Gasteiger partial charge < -0.3 is 28.4 Å². The number of hydrogen-bond acceptors (Lipinski definition) is 8. The maximum Gasteiger partial charge on any atom is 0.386 e. The lowest BCUT2D eigenvalue weighted by Crippen LogP contribution is -2.51. The topological polar surface area (TPSA) is 73.8 Å². The van der Waals surface area contributed by atoms with E-state index in [-0.39, 0.29) is 94.3 Å². The number of benzene rings is 8. The van der Waals surface area contributed by atoms with Crippen molar-refractivity contribution >= 4 is 0 Å². The summed E-state index contributed by atoms with van der Waals surface area (Å²) in [4.78, 5) is 0. The van der Waals surface area contributed by atoms with Gasteiger partial charge in [-0.3, -0.25) is 9.47 Å². The fraction of sp³-hybridized carbons (Fsp3) is 0.484. The van der Waals surface area contributed by atoms with E-state index in [1.54, 1.807) is 59.7 Å². The van der Waals surface area contributed by atoms with E-state index in [0.717, 1.165) is 70.6 Å². The van der Waals surface area contributed by atoms with E-state index >= 15 is 0 Å². The van der Waals surface area contributed by atoms with Crippen LogP contribution in [0.3, 0.4) is 0 Å². The minimum atomic E-state index is -4.50. The molecule has 698 valence electrons.